The Bertz CT molecular complexity index is 183. The number of nitrogens with zero attached hydrogens (tertiary/aromatic N) is 1. The van der Waals surface area contributed by atoms with Gasteiger partial charge < -0.3 is 9.57 Å². The van der Waals surface area contributed by atoms with E-state index in [4.69, 9.17) is 4.74 Å². The zero-order valence-corrected chi connectivity index (χ0v) is 7.20. The molecular formula is C6H11NO5. The minimum Gasteiger partial charge on any atom is -0.459 e. The summed E-state index contributed by atoms with van der Waals surface area (Å²) < 4.78 is 4.72. The fraction of sp³-hybridized carbons (Fsp3) is 0.833. The van der Waals surface area contributed by atoms with E-state index in [0.717, 1.165) is 0 Å². The second-order valence-electron chi connectivity index (χ2n) is 3.08. The summed E-state index contributed by atoms with van der Waals surface area (Å²) >= 11 is 0. The highest BCUT2D eigenvalue weighted by atomic mass is 17.0. The lowest BCUT2D eigenvalue weighted by molar-refractivity contribution is -0.754. The molecule has 6 nitrogen and oxygen atoms in total. The molecule has 0 radical (unpaired) electrons. The van der Waals surface area contributed by atoms with Gasteiger partial charge in [-0.15, -0.1) is 10.1 Å². The number of carbonyl (C=O) groups is 1. The molecule has 0 aromatic carbocycles. The first-order valence-electron chi connectivity index (χ1n) is 3.30. The largest absolute Gasteiger partial charge is 0.459 e. The van der Waals surface area contributed by atoms with Crippen LogP contribution in [0, 0.1) is 10.1 Å². The molecule has 0 N–H and O–H groups in total. The van der Waals surface area contributed by atoms with Crippen molar-refractivity contribution in [2.24, 2.45) is 0 Å². The minimum atomic E-state index is -1.04. The molecule has 0 aromatic rings. The summed E-state index contributed by atoms with van der Waals surface area (Å²) in [5, 5.41) is 8.61. The lowest BCUT2D eigenvalue weighted by atomic mass is 10.2. The topological polar surface area (TPSA) is 78.7 Å². The zero-order valence-electron chi connectivity index (χ0n) is 7.20. The van der Waals surface area contributed by atoms with Gasteiger partial charge in [0, 0.05) is 0 Å². The van der Waals surface area contributed by atoms with Gasteiger partial charge in [-0.1, -0.05) is 0 Å². The molecule has 0 amide bonds. The van der Waals surface area contributed by atoms with E-state index >= 15 is 0 Å². The highest BCUT2D eigenvalue weighted by Crippen LogP contribution is 2.06. The van der Waals surface area contributed by atoms with Gasteiger partial charge in [0.15, 0.2) is 6.61 Å². The normalized spacial score (nSPS) is 10.6. The quantitative estimate of drug-likeness (QED) is 0.357. The molecule has 0 saturated heterocycles. The number of carbonyl (C=O) groups excluding carboxylic acids is 1. The second-order valence-corrected chi connectivity index (χ2v) is 3.08. The van der Waals surface area contributed by atoms with Gasteiger partial charge >= 0.3 is 5.97 Å². The van der Waals surface area contributed by atoms with E-state index < -0.39 is 23.3 Å². The van der Waals surface area contributed by atoms with Crippen LogP contribution in [0.25, 0.3) is 0 Å². The van der Waals surface area contributed by atoms with Crippen LogP contribution in [0.15, 0.2) is 0 Å². The van der Waals surface area contributed by atoms with Crippen LogP contribution in [0.3, 0.4) is 0 Å². The third-order valence-electron chi connectivity index (χ3n) is 0.708. The molecule has 0 spiro atoms. The summed E-state index contributed by atoms with van der Waals surface area (Å²) in [4.78, 5) is 24.2. The molecule has 0 aromatic heterocycles. The Labute approximate surface area is 69.6 Å². The maximum absolute atomic E-state index is 10.7. The predicted molar refractivity (Wildman–Crippen MR) is 38.8 cm³/mol. The number of hydrogen-bond donors (Lipinski definition) is 0. The molecule has 0 unspecified atom stereocenters. The van der Waals surface area contributed by atoms with Crippen LogP contribution in [0.1, 0.15) is 20.8 Å². The summed E-state index contributed by atoms with van der Waals surface area (Å²) in [5.41, 5.74) is -0.642. The van der Waals surface area contributed by atoms with E-state index in [9.17, 15) is 14.9 Å². The monoisotopic (exact) mass is 177 g/mol. The van der Waals surface area contributed by atoms with Gasteiger partial charge in [-0.3, -0.25) is 0 Å². The average molecular weight is 177 g/mol. The Kier molecular flexibility index (Phi) is 3.46. The Morgan fingerprint density at radius 1 is 1.50 bits per heavy atom. The molecule has 0 fully saturated rings. The standard InChI is InChI=1S/C6H11NO5/c1-6(2,3)12-5(8)4-11-7(9)10/h4H2,1-3H3. The lowest BCUT2D eigenvalue weighted by Gasteiger charge is -2.18. The van der Waals surface area contributed by atoms with Gasteiger partial charge in [-0.2, -0.15) is 0 Å². The Balaban J connectivity index is 3.68. The molecule has 0 atom stereocenters. The summed E-state index contributed by atoms with van der Waals surface area (Å²) in [6, 6.07) is 0. The molecular weight excluding hydrogens is 166 g/mol. The van der Waals surface area contributed by atoms with Gasteiger partial charge in [0.05, 0.1) is 0 Å². The molecule has 0 heterocycles. The van der Waals surface area contributed by atoms with E-state index in [1.165, 1.54) is 0 Å². The SMILES string of the molecule is CC(C)(C)OC(=O)CO[N+](=O)[O-]. The second kappa shape index (κ2) is 3.89. The fourth-order valence-corrected chi connectivity index (χ4v) is 0.476. The Morgan fingerprint density at radius 2 is 2.00 bits per heavy atom. The molecule has 0 rings (SSSR count). The maximum atomic E-state index is 10.7. The van der Waals surface area contributed by atoms with Gasteiger partial charge in [0.25, 0.3) is 5.09 Å². The predicted octanol–water partition coefficient (Wildman–Crippen LogP) is 0.536. The van der Waals surface area contributed by atoms with Crippen molar-refractivity contribution in [3.05, 3.63) is 10.1 Å². The van der Waals surface area contributed by atoms with Gasteiger partial charge in [-0.05, 0) is 20.8 Å². The molecule has 0 aliphatic heterocycles. The minimum absolute atomic E-state index is 0.642. The third-order valence-corrected chi connectivity index (χ3v) is 0.708. The smallest absolute Gasteiger partial charge is 0.332 e. The first-order chi connectivity index (χ1) is 5.31. The van der Waals surface area contributed by atoms with Gasteiger partial charge in [-0.25, -0.2) is 4.79 Å². The fourth-order valence-electron chi connectivity index (χ4n) is 0.476. The van der Waals surface area contributed by atoms with Gasteiger partial charge in [0.2, 0.25) is 0 Å². The van der Waals surface area contributed by atoms with Crippen LogP contribution in [-0.2, 0) is 14.4 Å². The highest BCUT2D eigenvalue weighted by molar-refractivity contribution is 5.71. The summed E-state index contributed by atoms with van der Waals surface area (Å²) in [6.07, 6.45) is 0. The van der Waals surface area contributed by atoms with Crippen LogP contribution in [0.5, 0.6) is 0 Å². The van der Waals surface area contributed by atoms with Crippen molar-refractivity contribution < 1.29 is 19.5 Å². The van der Waals surface area contributed by atoms with Crippen molar-refractivity contribution in [1.82, 2.24) is 0 Å². The van der Waals surface area contributed by atoms with Crippen molar-refractivity contribution >= 4 is 5.97 Å². The number of esters is 1. The van der Waals surface area contributed by atoms with Crippen LogP contribution in [-0.4, -0.2) is 23.3 Å². The van der Waals surface area contributed by atoms with Crippen LogP contribution >= 0.6 is 0 Å². The Hall–Kier alpha value is -1.33. The van der Waals surface area contributed by atoms with E-state index in [1.54, 1.807) is 20.8 Å². The highest BCUT2D eigenvalue weighted by Gasteiger charge is 2.16. The van der Waals surface area contributed by atoms with Crippen molar-refractivity contribution in [1.29, 1.82) is 0 Å². The molecule has 70 valence electrons. The average Bonchev–Trinajstić information content (AvgIpc) is 1.79. The van der Waals surface area contributed by atoms with E-state index in [1.807, 2.05) is 0 Å². The first kappa shape index (κ1) is 10.7. The molecule has 0 aliphatic rings. The number of rotatable bonds is 3. The molecule has 6 heteroatoms. The van der Waals surface area contributed by atoms with Crippen molar-refractivity contribution in [2.75, 3.05) is 6.61 Å². The number of hydrogen-bond acceptors (Lipinski definition) is 5. The molecule has 0 aliphatic carbocycles. The molecule has 12 heavy (non-hydrogen) atoms. The number of ether oxygens (including phenoxy) is 1. The summed E-state index contributed by atoms with van der Waals surface area (Å²) in [6.45, 7) is 4.33. The van der Waals surface area contributed by atoms with E-state index in [0.29, 0.717) is 0 Å². The first-order valence-corrected chi connectivity index (χ1v) is 3.30. The van der Waals surface area contributed by atoms with Crippen molar-refractivity contribution in [3.63, 3.8) is 0 Å². The summed E-state index contributed by atoms with van der Waals surface area (Å²) in [5.74, 6) is -0.751. The van der Waals surface area contributed by atoms with E-state index in [2.05, 4.69) is 4.84 Å². The van der Waals surface area contributed by atoms with Gasteiger partial charge in [0.1, 0.15) is 5.60 Å². The molecule has 0 bridgehead atoms. The lowest BCUT2D eigenvalue weighted by Crippen LogP contribution is -2.27. The Morgan fingerprint density at radius 3 is 2.33 bits per heavy atom. The molecule has 0 saturated carbocycles. The van der Waals surface area contributed by atoms with E-state index in [-0.39, 0.29) is 0 Å². The van der Waals surface area contributed by atoms with Crippen LogP contribution in [0.4, 0.5) is 0 Å². The zero-order chi connectivity index (χ0) is 9.78. The van der Waals surface area contributed by atoms with Crippen LogP contribution < -0.4 is 0 Å². The van der Waals surface area contributed by atoms with Crippen LogP contribution in [0.2, 0.25) is 0 Å². The van der Waals surface area contributed by atoms with Crippen molar-refractivity contribution in [3.8, 4) is 0 Å². The van der Waals surface area contributed by atoms with Crippen molar-refractivity contribution in [2.45, 2.75) is 26.4 Å². The summed E-state index contributed by atoms with van der Waals surface area (Å²) in [7, 11) is 0. The maximum Gasteiger partial charge on any atom is 0.332 e. The third kappa shape index (κ3) is 6.79.